The third-order valence-corrected chi connectivity index (χ3v) is 4.05. The van der Waals surface area contributed by atoms with Crippen molar-refractivity contribution < 1.29 is 19.1 Å². The van der Waals surface area contributed by atoms with Crippen LogP contribution in [0.1, 0.15) is 30.4 Å². The van der Waals surface area contributed by atoms with Gasteiger partial charge < -0.3 is 9.47 Å². The molecule has 0 unspecified atom stereocenters. The Balaban J connectivity index is 1.55. The van der Waals surface area contributed by atoms with E-state index in [1.807, 2.05) is 60.7 Å². The third kappa shape index (κ3) is 8.36. The van der Waals surface area contributed by atoms with E-state index in [9.17, 15) is 9.59 Å². The van der Waals surface area contributed by atoms with Gasteiger partial charge in [-0.2, -0.15) is 0 Å². The molecule has 0 saturated heterocycles. The Hall–Kier alpha value is -2.88. The van der Waals surface area contributed by atoms with Crippen molar-refractivity contribution in [1.29, 1.82) is 0 Å². The predicted octanol–water partition coefficient (Wildman–Crippen LogP) is 4.28. The molecule has 2 aromatic carbocycles. The largest absolute Gasteiger partial charge is 0.465 e. The highest BCUT2D eigenvalue weighted by Crippen LogP contribution is 2.07. The number of rotatable bonds is 11. The van der Waals surface area contributed by atoms with Crippen molar-refractivity contribution in [2.24, 2.45) is 0 Å². The fraction of sp³-hybridized carbons (Fsp3) is 0.304. The number of hydrogen-bond acceptors (Lipinski definition) is 4. The number of carbonyl (C=O) groups is 2. The molecule has 0 spiro atoms. The predicted molar refractivity (Wildman–Crippen MR) is 105 cm³/mol. The molecule has 0 atom stereocenters. The Morgan fingerprint density at radius 2 is 1.22 bits per heavy atom. The molecule has 0 aliphatic heterocycles. The van der Waals surface area contributed by atoms with E-state index in [0.29, 0.717) is 13.2 Å². The molecule has 4 heteroatoms. The van der Waals surface area contributed by atoms with Crippen LogP contribution in [0.25, 0.3) is 0 Å². The monoisotopic (exact) mass is 366 g/mol. The minimum Gasteiger partial charge on any atom is -0.465 e. The van der Waals surface area contributed by atoms with Crippen molar-refractivity contribution in [3.8, 4) is 0 Å². The summed E-state index contributed by atoms with van der Waals surface area (Å²) < 4.78 is 10.3. The maximum absolute atomic E-state index is 11.9. The molecule has 0 radical (unpaired) electrons. The molecule has 0 aliphatic carbocycles. The molecule has 4 nitrogen and oxygen atoms in total. The van der Waals surface area contributed by atoms with E-state index < -0.39 is 11.9 Å². The smallest absolute Gasteiger partial charge is 0.333 e. The molecule has 0 aromatic heterocycles. The molecule has 0 amide bonds. The number of esters is 2. The van der Waals surface area contributed by atoms with Crippen LogP contribution in [-0.4, -0.2) is 25.2 Å². The molecule has 142 valence electrons. The van der Waals surface area contributed by atoms with Crippen LogP contribution in [0.5, 0.6) is 0 Å². The van der Waals surface area contributed by atoms with Gasteiger partial charge in [0.25, 0.3) is 0 Å². The van der Waals surface area contributed by atoms with Crippen molar-refractivity contribution in [1.82, 2.24) is 0 Å². The number of ether oxygens (including phenoxy) is 2. The zero-order valence-corrected chi connectivity index (χ0v) is 15.6. The van der Waals surface area contributed by atoms with E-state index in [1.165, 1.54) is 11.1 Å². The second-order valence-corrected chi connectivity index (χ2v) is 6.32. The summed E-state index contributed by atoms with van der Waals surface area (Å²) >= 11 is 0. The first-order valence-corrected chi connectivity index (χ1v) is 9.23. The number of hydrogen-bond donors (Lipinski definition) is 0. The number of benzene rings is 2. The average Bonchev–Trinajstić information content (AvgIpc) is 2.70. The van der Waals surface area contributed by atoms with E-state index in [0.717, 1.165) is 25.7 Å². The summed E-state index contributed by atoms with van der Waals surface area (Å²) in [6.07, 6.45) is 3.02. The molecule has 0 saturated carbocycles. The highest BCUT2D eigenvalue weighted by molar-refractivity contribution is 5.93. The SMILES string of the molecule is C=C(CC(=O)OCCCc1ccccc1)C(=O)OCCCc1ccccc1. The van der Waals surface area contributed by atoms with Crippen molar-refractivity contribution in [2.45, 2.75) is 32.1 Å². The van der Waals surface area contributed by atoms with Crippen LogP contribution >= 0.6 is 0 Å². The lowest BCUT2D eigenvalue weighted by Gasteiger charge is -2.08. The zero-order valence-electron chi connectivity index (χ0n) is 15.6. The van der Waals surface area contributed by atoms with Crippen LogP contribution in [-0.2, 0) is 31.9 Å². The first kappa shape index (κ1) is 20.4. The Bertz CT molecular complexity index is 723. The topological polar surface area (TPSA) is 52.6 Å². The molecule has 0 heterocycles. The summed E-state index contributed by atoms with van der Waals surface area (Å²) in [5, 5.41) is 0. The van der Waals surface area contributed by atoms with Gasteiger partial charge in [-0.1, -0.05) is 67.2 Å². The van der Waals surface area contributed by atoms with Crippen LogP contribution in [0, 0.1) is 0 Å². The van der Waals surface area contributed by atoms with Gasteiger partial charge in [-0.05, 0) is 36.8 Å². The summed E-state index contributed by atoms with van der Waals surface area (Å²) in [7, 11) is 0. The molecule has 0 N–H and O–H groups in total. The Morgan fingerprint density at radius 1 is 0.741 bits per heavy atom. The Morgan fingerprint density at radius 3 is 1.74 bits per heavy atom. The number of aryl methyl sites for hydroxylation is 2. The summed E-state index contributed by atoms with van der Waals surface area (Å²) in [6, 6.07) is 20.0. The van der Waals surface area contributed by atoms with Gasteiger partial charge in [0.1, 0.15) is 0 Å². The van der Waals surface area contributed by atoms with E-state index in [4.69, 9.17) is 9.47 Å². The summed E-state index contributed by atoms with van der Waals surface area (Å²) in [5.41, 5.74) is 2.53. The molecule has 27 heavy (non-hydrogen) atoms. The van der Waals surface area contributed by atoms with Gasteiger partial charge in [0, 0.05) is 5.57 Å². The maximum atomic E-state index is 11.9. The quantitative estimate of drug-likeness (QED) is 0.338. The van der Waals surface area contributed by atoms with Gasteiger partial charge in [-0.25, -0.2) is 4.79 Å². The first-order chi connectivity index (χ1) is 13.1. The highest BCUT2D eigenvalue weighted by atomic mass is 16.5. The highest BCUT2D eigenvalue weighted by Gasteiger charge is 2.14. The van der Waals surface area contributed by atoms with Crippen LogP contribution in [0.2, 0.25) is 0 Å². The van der Waals surface area contributed by atoms with Crippen LogP contribution in [0.4, 0.5) is 0 Å². The van der Waals surface area contributed by atoms with Crippen molar-refractivity contribution in [3.05, 3.63) is 83.9 Å². The van der Waals surface area contributed by atoms with Crippen LogP contribution in [0.3, 0.4) is 0 Å². The standard InChI is InChI=1S/C23H26O4/c1-19(23(25)27-17-9-15-21-12-6-3-7-13-21)18-22(24)26-16-8-14-20-10-4-2-5-11-20/h2-7,10-13H,1,8-9,14-18H2. The van der Waals surface area contributed by atoms with E-state index in [-0.39, 0.29) is 12.0 Å². The van der Waals surface area contributed by atoms with Gasteiger partial charge >= 0.3 is 11.9 Å². The summed E-state index contributed by atoms with van der Waals surface area (Å²) in [4.78, 5) is 23.7. The van der Waals surface area contributed by atoms with E-state index in [2.05, 4.69) is 6.58 Å². The molecular formula is C23H26O4. The second-order valence-electron chi connectivity index (χ2n) is 6.32. The minimum atomic E-state index is -0.538. The second kappa shape index (κ2) is 11.7. The molecular weight excluding hydrogens is 340 g/mol. The van der Waals surface area contributed by atoms with Crippen molar-refractivity contribution >= 4 is 11.9 Å². The van der Waals surface area contributed by atoms with Gasteiger partial charge in [0.2, 0.25) is 0 Å². The maximum Gasteiger partial charge on any atom is 0.333 e. The summed E-state index contributed by atoms with van der Waals surface area (Å²) in [5.74, 6) is -0.987. The van der Waals surface area contributed by atoms with Crippen LogP contribution < -0.4 is 0 Å². The summed E-state index contributed by atoms with van der Waals surface area (Å²) in [6.45, 7) is 4.26. The van der Waals surface area contributed by atoms with E-state index >= 15 is 0 Å². The van der Waals surface area contributed by atoms with E-state index in [1.54, 1.807) is 0 Å². The lowest BCUT2D eigenvalue weighted by molar-refractivity contribution is -0.146. The zero-order chi connectivity index (χ0) is 19.3. The lowest BCUT2D eigenvalue weighted by Crippen LogP contribution is -2.14. The fourth-order valence-corrected chi connectivity index (χ4v) is 2.59. The molecule has 0 fully saturated rings. The van der Waals surface area contributed by atoms with Crippen LogP contribution in [0.15, 0.2) is 72.8 Å². The first-order valence-electron chi connectivity index (χ1n) is 9.23. The Kier molecular flexibility index (Phi) is 8.84. The number of carbonyl (C=O) groups excluding carboxylic acids is 2. The van der Waals surface area contributed by atoms with Gasteiger partial charge in [0.15, 0.2) is 0 Å². The Labute approximate surface area is 160 Å². The normalized spacial score (nSPS) is 10.2. The minimum absolute atomic E-state index is 0.128. The van der Waals surface area contributed by atoms with Crippen molar-refractivity contribution in [3.63, 3.8) is 0 Å². The van der Waals surface area contributed by atoms with Gasteiger partial charge in [0.05, 0.1) is 19.6 Å². The molecule has 2 rings (SSSR count). The van der Waals surface area contributed by atoms with Crippen molar-refractivity contribution in [2.75, 3.05) is 13.2 Å². The molecule has 0 aliphatic rings. The van der Waals surface area contributed by atoms with Gasteiger partial charge in [-0.15, -0.1) is 0 Å². The molecule has 2 aromatic rings. The fourth-order valence-electron chi connectivity index (χ4n) is 2.59. The van der Waals surface area contributed by atoms with Gasteiger partial charge in [-0.3, -0.25) is 4.79 Å². The lowest BCUT2D eigenvalue weighted by atomic mass is 10.1. The molecule has 0 bridgehead atoms. The third-order valence-electron chi connectivity index (χ3n) is 4.05. The average molecular weight is 366 g/mol.